The highest BCUT2D eigenvalue weighted by Gasteiger charge is 2.34. The minimum atomic E-state index is -0.268. The number of carbonyl (C=O) groups is 1. The number of halogens is 1. The van der Waals surface area contributed by atoms with Gasteiger partial charge in [0.25, 0.3) is 5.91 Å². The highest BCUT2D eigenvalue weighted by Crippen LogP contribution is 2.34. The van der Waals surface area contributed by atoms with Gasteiger partial charge in [-0.25, -0.2) is 9.40 Å². The van der Waals surface area contributed by atoms with Gasteiger partial charge in [0.2, 0.25) is 0 Å². The summed E-state index contributed by atoms with van der Waals surface area (Å²) in [5.74, 6) is -0.251. The highest BCUT2D eigenvalue weighted by atomic mass is 32.1. The summed E-state index contributed by atoms with van der Waals surface area (Å²) in [6.45, 7) is 2.35. The van der Waals surface area contributed by atoms with Crippen molar-refractivity contribution in [1.82, 2.24) is 9.91 Å². The zero-order valence-electron chi connectivity index (χ0n) is 13.9. The van der Waals surface area contributed by atoms with Gasteiger partial charge in [0.05, 0.1) is 23.2 Å². The van der Waals surface area contributed by atoms with Crippen molar-refractivity contribution in [2.24, 2.45) is 5.10 Å². The number of nitrogens with zero attached hydrogens (tertiary/aromatic N) is 3. The second kappa shape index (κ2) is 7.06. The van der Waals surface area contributed by atoms with Gasteiger partial charge in [-0.15, -0.1) is 11.3 Å². The predicted octanol–water partition coefficient (Wildman–Crippen LogP) is 3.66. The molecule has 130 valence electrons. The van der Waals surface area contributed by atoms with Crippen LogP contribution in [0.25, 0.3) is 0 Å². The Hall–Kier alpha value is -2.05. The summed E-state index contributed by atoms with van der Waals surface area (Å²) in [6, 6.07) is 10.3. The third-order valence-corrected chi connectivity index (χ3v) is 5.70. The summed E-state index contributed by atoms with van der Waals surface area (Å²) in [4.78, 5) is 16.1. The molecule has 1 saturated heterocycles. The van der Waals surface area contributed by atoms with Crippen LogP contribution in [0.3, 0.4) is 0 Å². The van der Waals surface area contributed by atoms with Crippen LogP contribution in [0.4, 0.5) is 4.39 Å². The summed E-state index contributed by atoms with van der Waals surface area (Å²) in [6.07, 6.45) is 2.97. The minimum absolute atomic E-state index is 0.0165. The van der Waals surface area contributed by atoms with Crippen molar-refractivity contribution < 1.29 is 9.18 Å². The zero-order valence-corrected chi connectivity index (χ0v) is 14.7. The topological polar surface area (TPSA) is 35.9 Å². The van der Waals surface area contributed by atoms with E-state index >= 15 is 0 Å². The molecule has 1 amide bonds. The average Bonchev–Trinajstić information content (AvgIpc) is 3.36. The molecule has 3 heterocycles. The Labute approximate surface area is 150 Å². The van der Waals surface area contributed by atoms with Crippen molar-refractivity contribution in [1.29, 1.82) is 0 Å². The van der Waals surface area contributed by atoms with Crippen LogP contribution in [0, 0.1) is 5.82 Å². The zero-order chi connectivity index (χ0) is 17.2. The molecule has 0 radical (unpaired) electrons. The predicted molar refractivity (Wildman–Crippen MR) is 97.1 cm³/mol. The summed E-state index contributed by atoms with van der Waals surface area (Å²) < 4.78 is 13.3. The van der Waals surface area contributed by atoms with Crippen LogP contribution >= 0.6 is 11.3 Å². The molecule has 2 aromatic rings. The molecule has 0 spiro atoms. The van der Waals surface area contributed by atoms with E-state index < -0.39 is 0 Å². The fourth-order valence-electron chi connectivity index (χ4n) is 3.48. The molecule has 0 N–H and O–H groups in total. The number of hydrazone groups is 1. The van der Waals surface area contributed by atoms with Crippen molar-refractivity contribution in [3.63, 3.8) is 0 Å². The minimum Gasteiger partial charge on any atom is -0.294 e. The largest absolute Gasteiger partial charge is 0.294 e. The van der Waals surface area contributed by atoms with E-state index in [4.69, 9.17) is 0 Å². The normalized spacial score (nSPS) is 20.9. The van der Waals surface area contributed by atoms with Crippen LogP contribution in [-0.2, 0) is 4.79 Å². The molecule has 1 unspecified atom stereocenters. The van der Waals surface area contributed by atoms with E-state index in [9.17, 15) is 9.18 Å². The molecule has 0 saturated carbocycles. The van der Waals surface area contributed by atoms with Gasteiger partial charge in [-0.05, 0) is 55.1 Å². The first-order valence-electron chi connectivity index (χ1n) is 8.62. The molecule has 0 aliphatic carbocycles. The Morgan fingerprint density at radius 3 is 2.64 bits per heavy atom. The third kappa shape index (κ3) is 3.50. The molecule has 1 fully saturated rings. The van der Waals surface area contributed by atoms with Crippen LogP contribution in [0.1, 0.15) is 35.7 Å². The van der Waals surface area contributed by atoms with Crippen LogP contribution in [0.15, 0.2) is 46.9 Å². The van der Waals surface area contributed by atoms with Crippen molar-refractivity contribution in [3.05, 3.63) is 58.0 Å². The maximum atomic E-state index is 13.3. The summed E-state index contributed by atoms with van der Waals surface area (Å²) >= 11 is 1.63. The lowest BCUT2D eigenvalue weighted by molar-refractivity contribution is -0.134. The smallest absolute Gasteiger partial charge is 0.257 e. The van der Waals surface area contributed by atoms with E-state index in [2.05, 4.69) is 10.0 Å². The second-order valence-electron chi connectivity index (χ2n) is 6.52. The highest BCUT2D eigenvalue weighted by molar-refractivity contribution is 7.12. The second-order valence-corrected chi connectivity index (χ2v) is 7.46. The lowest BCUT2D eigenvalue weighted by Gasteiger charge is -2.24. The van der Waals surface area contributed by atoms with Gasteiger partial charge < -0.3 is 0 Å². The van der Waals surface area contributed by atoms with Gasteiger partial charge in [-0.2, -0.15) is 5.10 Å². The maximum Gasteiger partial charge on any atom is 0.257 e. The summed E-state index contributed by atoms with van der Waals surface area (Å²) in [5.41, 5.74) is 1.85. The lowest BCUT2D eigenvalue weighted by atomic mass is 10.0. The van der Waals surface area contributed by atoms with Crippen molar-refractivity contribution in [2.45, 2.75) is 25.3 Å². The molecule has 1 atom stereocenters. The fourth-order valence-corrected chi connectivity index (χ4v) is 4.20. The quantitative estimate of drug-likeness (QED) is 0.837. The van der Waals surface area contributed by atoms with Gasteiger partial charge in [-0.3, -0.25) is 9.69 Å². The van der Waals surface area contributed by atoms with E-state index in [-0.39, 0.29) is 17.8 Å². The number of carbonyl (C=O) groups excluding carboxylic acids is 1. The van der Waals surface area contributed by atoms with Gasteiger partial charge >= 0.3 is 0 Å². The fraction of sp³-hybridized carbons (Fsp3) is 0.368. The molecule has 4 rings (SSSR count). The number of benzene rings is 1. The molecular formula is C19H20FN3OS. The van der Waals surface area contributed by atoms with E-state index in [1.54, 1.807) is 28.5 Å². The number of rotatable bonds is 4. The number of likely N-dealkylation sites (tertiary alicyclic amines) is 1. The third-order valence-electron chi connectivity index (χ3n) is 4.78. The van der Waals surface area contributed by atoms with Gasteiger partial charge in [0.15, 0.2) is 0 Å². The lowest BCUT2D eigenvalue weighted by Crippen LogP contribution is -2.36. The molecule has 2 aliphatic heterocycles. The van der Waals surface area contributed by atoms with Crippen molar-refractivity contribution >= 4 is 23.0 Å². The molecule has 2 aliphatic rings. The molecule has 4 nitrogen and oxygen atoms in total. The van der Waals surface area contributed by atoms with Crippen LogP contribution in [-0.4, -0.2) is 41.2 Å². The Kier molecular flexibility index (Phi) is 4.63. The Balaban J connectivity index is 1.59. The van der Waals surface area contributed by atoms with Crippen LogP contribution in [0.2, 0.25) is 0 Å². The molecule has 1 aromatic carbocycles. The number of hydrogen-bond acceptors (Lipinski definition) is 4. The first-order valence-corrected chi connectivity index (χ1v) is 9.50. The van der Waals surface area contributed by atoms with E-state index in [0.717, 1.165) is 42.1 Å². The SMILES string of the molecule is O=C(CN1CCCC1)N1N=C(c2cccs2)CC1c1ccc(F)cc1. The number of amides is 1. The standard InChI is InChI=1S/C19H20FN3OS/c20-15-7-5-14(6-8-15)17-12-16(18-4-3-11-25-18)21-23(17)19(24)13-22-9-1-2-10-22/h3-8,11,17H,1-2,9-10,12-13H2. The van der Waals surface area contributed by atoms with E-state index in [1.165, 1.54) is 12.1 Å². The van der Waals surface area contributed by atoms with Gasteiger partial charge in [-0.1, -0.05) is 18.2 Å². The first-order chi connectivity index (χ1) is 12.2. The molecule has 0 bridgehead atoms. The van der Waals surface area contributed by atoms with Gasteiger partial charge in [0, 0.05) is 6.42 Å². The Bertz CT molecular complexity index is 766. The van der Waals surface area contributed by atoms with E-state index in [1.807, 2.05) is 17.5 Å². The monoisotopic (exact) mass is 357 g/mol. The van der Waals surface area contributed by atoms with E-state index in [0.29, 0.717) is 13.0 Å². The molecule has 25 heavy (non-hydrogen) atoms. The Morgan fingerprint density at radius 2 is 1.96 bits per heavy atom. The van der Waals surface area contributed by atoms with Gasteiger partial charge in [0.1, 0.15) is 5.82 Å². The molecular weight excluding hydrogens is 337 g/mol. The summed E-state index contributed by atoms with van der Waals surface area (Å²) in [5, 5.41) is 8.27. The average molecular weight is 357 g/mol. The first kappa shape index (κ1) is 16.4. The maximum absolute atomic E-state index is 13.3. The summed E-state index contributed by atoms with van der Waals surface area (Å²) in [7, 11) is 0. The molecule has 1 aromatic heterocycles. The molecule has 6 heteroatoms. The number of hydrogen-bond donors (Lipinski definition) is 0. The van der Waals surface area contributed by atoms with Crippen LogP contribution in [0.5, 0.6) is 0 Å². The van der Waals surface area contributed by atoms with Crippen molar-refractivity contribution in [3.8, 4) is 0 Å². The van der Waals surface area contributed by atoms with Crippen LogP contribution < -0.4 is 0 Å². The Morgan fingerprint density at radius 1 is 1.20 bits per heavy atom. The van der Waals surface area contributed by atoms with Crippen molar-refractivity contribution in [2.75, 3.05) is 19.6 Å². The number of thiophene rings is 1.